The van der Waals surface area contributed by atoms with Crippen LogP contribution < -0.4 is 5.73 Å². The SMILES string of the molecule is CCc1nn(CC)c(CS(=O)c2ccc(Br)cc2N)c1Br. The molecule has 1 aromatic heterocycles. The molecule has 0 saturated carbocycles. The average molecular weight is 435 g/mol. The molecule has 2 aromatic rings. The maximum atomic E-state index is 12.6. The van der Waals surface area contributed by atoms with Crippen molar-refractivity contribution in [2.24, 2.45) is 0 Å². The largest absolute Gasteiger partial charge is 0.398 e. The first kappa shape index (κ1) is 16.7. The Labute approximate surface area is 143 Å². The summed E-state index contributed by atoms with van der Waals surface area (Å²) in [5, 5.41) is 4.53. The summed E-state index contributed by atoms with van der Waals surface area (Å²) in [6.07, 6.45) is 0.841. The second kappa shape index (κ2) is 7.07. The minimum absolute atomic E-state index is 0.396. The smallest absolute Gasteiger partial charge is 0.0767 e. The van der Waals surface area contributed by atoms with Gasteiger partial charge in [-0.2, -0.15) is 5.10 Å². The van der Waals surface area contributed by atoms with E-state index in [-0.39, 0.29) is 0 Å². The molecule has 21 heavy (non-hydrogen) atoms. The van der Waals surface area contributed by atoms with Gasteiger partial charge in [0.15, 0.2) is 0 Å². The van der Waals surface area contributed by atoms with Gasteiger partial charge in [0, 0.05) is 16.7 Å². The number of anilines is 1. The van der Waals surface area contributed by atoms with E-state index < -0.39 is 10.8 Å². The molecule has 1 heterocycles. The van der Waals surface area contributed by atoms with E-state index in [1.54, 1.807) is 12.1 Å². The molecule has 0 saturated heterocycles. The van der Waals surface area contributed by atoms with Crippen LogP contribution in [0, 0.1) is 0 Å². The highest BCUT2D eigenvalue weighted by molar-refractivity contribution is 9.10. The Hall–Kier alpha value is -0.660. The number of hydrogen-bond donors (Lipinski definition) is 1. The van der Waals surface area contributed by atoms with Gasteiger partial charge in [-0.25, -0.2) is 0 Å². The van der Waals surface area contributed by atoms with Crippen molar-refractivity contribution in [3.05, 3.63) is 38.5 Å². The van der Waals surface area contributed by atoms with Gasteiger partial charge in [-0.3, -0.25) is 8.89 Å². The summed E-state index contributed by atoms with van der Waals surface area (Å²) in [7, 11) is -1.20. The van der Waals surface area contributed by atoms with E-state index in [1.165, 1.54) is 0 Å². The predicted molar refractivity (Wildman–Crippen MR) is 93.6 cm³/mol. The third-order valence-electron chi connectivity index (χ3n) is 3.18. The quantitative estimate of drug-likeness (QED) is 0.726. The Morgan fingerprint density at radius 3 is 2.62 bits per heavy atom. The highest BCUT2D eigenvalue weighted by Gasteiger charge is 2.18. The van der Waals surface area contributed by atoms with Crippen LogP contribution >= 0.6 is 31.9 Å². The monoisotopic (exact) mass is 433 g/mol. The van der Waals surface area contributed by atoms with Crippen LogP contribution in [0.25, 0.3) is 0 Å². The second-order valence-corrected chi connectivity index (χ2v) is 7.68. The summed E-state index contributed by atoms with van der Waals surface area (Å²) >= 11 is 6.94. The molecule has 0 aliphatic heterocycles. The number of benzene rings is 1. The van der Waals surface area contributed by atoms with Crippen LogP contribution in [0.4, 0.5) is 5.69 Å². The van der Waals surface area contributed by atoms with Crippen molar-refractivity contribution in [2.45, 2.75) is 37.5 Å². The van der Waals surface area contributed by atoms with E-state index in [2.05, 4.69) is 43.9 Å². The predicted octanol–water partition coefficient (Wildman–Crippen LogP) is 3.88. The maximum Gasteiger partial charge on any atom is 0.0767 e. The molecule has 0 bridgehead atoms. The Morgan fingerprint density at radius 1 is 1.33 bits per heavy atom. The van der Waals surface area contributed by atoms with Crippen molar-refractivity contribution in [3.63, 3.8) is 0 Å². The molecule has 2 rings (SSSR count). The molecule has 0 fully saturated rings. The normalized spacial score (nSPS) is 12.6. The number of aromatic nitrogens is 2. The van der Waals surface area contributed by atoms with Crippen LogP contribution in [0.1, 0.15) is 25.2 Å². The highest BCUT2D eigenvalue weighted by atomic mass is 79.9. The Balaban J connectivity index is 2.33. The lowest BCUT2D eigenvalue weighted by Gasteiger charge is -2.08. The molecular weight excluding hydrogens is 418 g/mol. The number of rotatable bonds is 5. The molecule has 2 N–H and O–H groups in total. The lowest BCUT2D eigenvalue weighted by molar-refractivity contribution is 0.623. The van der Waals surface area contributed by atoms with Crippen molar-refractivity contribution < 1.29 is 4.21 Å². The molecule has 1 aromatic carbocycles. The number of nitrogens with zero attached hydrogens (tertiary/aromatic N) is 2. The zero-order chi connectivity index (χ0) is 15.6. The van der Waals surface area contributed by atoms with E-state index in [1.807, 2.05) is 17.7 Å². The van der Waals surface area contributed by atoms with Gasteiger partial charge in [0.2, 0.25) is 0 Å². The summed E-state index contributed by atoms with van der Waals surface area (Å²) < 4.78 is 16.4. The van der Waals surface area contributed by atoms with Crippen LogP contribution in [-0.4, -0.2) is 14.0 Å². The molecule has 0 radical (unpaired) electrons. The van der Waals surface area contributed by atoms with Gasteiger partial charge >= 0.3 is 0 Å². The first-order valence-corrected chi connectivity index (χ1v) is 9.55. The molecule has 1 unspecified atom stereocenters. The van der Waals surface area contributed by atoms with Crippen LogP contribution in [0.15, 0.2) is 32.0 Å². The zero-order valence-corrected chi connectivity index (χ0v) is 15.9. The van der Waals surface area contributed by atoms with Gasteiger partial charge in [-0.05, 0) is 47.5 Å². The van der Waals surface area contributed by atoms with E-state index in [9.17, 15) is 4.21 Å². The van der Waals surface area contributed by atoms with Gasteiger partial charge in [-0.15, -0.1) is 0 Å². The van der Waals surface area contributed by atoms with Crippen LogP contribution in [0.2, 0.25) is 0 Å². The highest BCUT2D eigenvalue weighted by Crippen LogP contribution is 2.27. The summed E-state index contributed by atoms with van der Waals surface area (Å²) in [5.74, 6) is 0.396. The fraction of sp³-hybridized carbons (Fsp3) is 0.357. The molecule has 114 valence electrons. The van der Waals surface area contributed by atoms with Crippen molar-refractivity contribution in [1.82, 2.24) is 9.78 Å². The van der Waals surface area contributed by atoms with Gasteiger partial charge in [0.1, 0.15) is 0 Å². The van der Waals surface area contributed by atoms with Gasteiger partial charge < -0.3 is 5.73 Å². The lowest BCUT2D eigenvalue weighted by atomic mass is 10.3. The second-order valence-electron chi connectivity index (χ2n) is 4.55. The standard InChI is InChI=1S/C14H17Br2N3OS/c1-3-11-14(16)12(19(4-2)18-11)8-21(20)13-6-5-9(15)7-10(13)17/h5-7H,3-4,8,17H2,1-2H3. The van der Waals surface area contributed by atoms with Crippen LogP contribution in [-0.2, 0) is 29.5 Å². The average Bonchev–Trinajstić information content (AvgIpc) is 2.75. The zero-order valence-electron chi connectivity index (χ0n) is 11.9. The number of hydrogen-bond acceptors (Lipinski definition) is 3. The fourth-order valence-corrected chi connectivity index (χ4v) is 4.59. The number of nitrogens with two attached hydrogens (primary N) is 1. The summed E-state index contributed by atoms with van der Waals surface area (Å²) in [5.41, 5.74) is 8.44. The third-order valence-corrected chi connectivity index (χ3v) is 5.99. The molecule has 0 aliphatic rings. The topological polar surface area (TPSA) is 60.9 Å². The van der Waals surface area contributed by atoms with Crippen molar-refractivity contribution >= 4 is 48.3 Å². The lowest BCUT2D eigenvalue weighted by Crippen LogP contribution is -2.07. The van der Waals surface area contributed by atoms with Crippen LogP contribution in [0.5, 0.6) is 0 Å². The summed E-state index contributed by atoms with van der Waals surface area (Å²) in [4.78, 5) is 0.659. The Morgan fingerprint density at radius 2 is 2.05 bits per heavy atom. The van der Waals surface area contributed by atoms with Crippen molar-refractivity contribution in [2.75, 3.05) is 5.73 Å². The summed E-state index contributed by atoms with van der Waals surface area (Å²) in [6.45, 7) is 4.83. The van der Waals surface area contributed by atoms with Gasteiger partial charge in [0.25, 0.3) is 0 Å². The van der Waals surface area contributed by atoms with E-state index >= 15 is 0 Å². The molecule has 1 atom stereocenters. The minimum atomic E-state index is -1.20. The number of halogens is 2. The van der Waals surface area contributed by atoms with Gasteiger partial charge in [-0.1, -0.05) is 22.9 Å². The minimum Gasteiger partial charge on any atom is -0.398 e. The summed E-state index contributed by atoms with van der Waals surface area (Å²) in [6, 6.07) is 5.43. The first-order chi connectivity index (χ1) is 9.97. The molecule has 0 aliphatic carbocycles. The van der Waals surface area contributed by atoms with Crippen molar-refractivity contribution in [1.29, 1.82) is 0 Å². The molecule has 7 heteroatoms. The molecule has 0 spiro atoms. The van der Waals surface area contributed by atoms with Crippen LogP contribution in [0.3, 0.4) is 0 Å². The number of aryl methyl sites for hydroxylation is 2. The third kappa shape index (κ3) is 3.57. The van der Waals surface area contributed by atoms with Gasteiger partial charge in [0.05, 0.1) is 37.3 Å². The molecular formula is C14H17Br2N3OS. The maximum absolute atomic E-state index is 12.6. The first-order valence-electron chi connectivity index (χ1n) is 6.65. The van der Waals surface area contributed by atoms with Crippen molar-refractivity contribution in [3.8, 4) is 0 Å². The molecule has 0 amide bonds. The van der Waals surface area contributed by atoms with E-state index in [0.717, 1.165) is 33.3 Å². The Bertz CT molecular complexity index is 685. The van der Waals surface area contributed by atoms with E-state index in [0.29, 0.717) is 16.3 Å². The molecule has 4 nitrogen and oxygen atoms in total. The Kier molecular flexibility index (Phi) is 5.62. The number of nitrogen functional groups attached to an aromatic ring is 1. The van der Waals surface area contributed by atoms with E-state index in [4.69, 9.17) is 5.73 Å². The fourth-order valence-electron chi connectivity index (χ4n) is 2.08.